The summed E-state index contributed by atoms with van der Waals surface area (Å²) < 4.78 is 11.6. The molecule has 2 aromatic rings. The van der Waals surface area contributed by atoms with Crippen LogP contribution >= 0.6 is 0 Å². The van der Waals surface area contributed by atoms with Crippen LogP contribution in [0, 0.1) is 5.92 Å². The summed E-state index contributed by atoms with van der Waals surface area (Å²) in [6.45, 7) is 3.52. The molecule has 0 spiro atoms. The van der Waals surface area contributed by atoms with E-state index < -0.39 is 5.41 Å². The second kappa shape index (κ2) is 8.95. The molecule has 6 nitrogen and oxygen atoms in total. The zero-order valence-electron chi connectivity index (χ0n) is 18.1. The van der Waals surface area contributed by atoms with Gasteiger partial charge < -0.3 is 14.4 Å². The number of nitrogens with zero attached hydrogens (tertiary/aromatic N) is 3. The average Bonchev–Trinajstić information content (AvgIpc) is 3.32. The third kappa shape index (κ3) is 4.18. The van der Waals surface area contributed by atoms with Crippen molar-refractivity contribution in [2.45, 2.75) is 50.4 Å². The Kier molecular flexibility index (Phi) is 5.90. The number of hydrogen-bond donors (Lipinski definition) is 0. The van der Waals surface area contributed by atoms with E-state index in [1.165, 1.54) is 5.56 Å². The van der Waals surface area contributed by atoms with Gasteiger partial charge >= 0.3 is 0 Å². The molecular weight excluding hydrogens is 390 g/mol. The number of hydrogen-bond acceptors (Lipinski definition) is 5. The average molecular weight is 422 g/mol. The smallest absolute Gasteiger partial charge is 0.233 e. The number of benzene rings is 1. The van der Waals surface area contributed by atoms with Gasteiger partial charge in [-0.15, -0.1) is 5.10 Å². The van der Waals surface area contributed by atoms with Gasteiger partial charge in [0.25, 0.3) is 0 Å². The number of carbonyl (C=O) groups excluding carboxylic acids is 1. The highest BCUT2D eigenvalue weighted by Gasteiger charge is 2.44. The van der Waals surface area contributed by atoms with Crippen molar-refractivity contribution in [2.24, 2.45) is 5.92 Å². The van der Waals surface area contributed by atoms with Crippen LogP contribution in [-0.2, 0) is 27.8 Å². The second-order valence-corrected chi connectivity index (χ2v) is 9.12. The third-order valence-electron chi connectivity index (χ3n) is 7.25. The van der Waals surface area contributed by atoms with E-state index in [-0.39, 0.29) is 5.91 Å². The molecule has 31 heavy (non-hydrogen) atoms. The molecule has 6 heteroatoms. The van der Waals surface area contributed by atoms with Gasteiger partial charge in [-0.3, -0.25) is 4.79 Å². The molecule has 2 saturated heterocycles. The lowest BCUT2D eigenvalue weighted by Gasteiger charge is -2.42. The highest BCUT2D eigenvalue weighted by molar-refractivity contribution is 5.88. The summed E-state index contributed by atoms with van der Waals surface area (Å²) in [5.74, 6) is 1.36. The standard InChI is InChI=1S/C25H31N3O3/c29-24(25(11-15-30-16-12-25)21-6-2-1-3-7-21)28-13-9-19(10-14-28)18-31-23-17-20-5-4-8-22(20)26-27-23/h1-3,6-7,17,19H,4-5,8-16,18H2. The number of amides is 1. The normalized spacial score (nSPS) is 21.0. The fourth-order valence-electron chi connectivity index (χ4n) is 5.29. The predicted octanol–water partition coefficient (Wildman–Crippen LogP) is 3.33. The molecule has 164 valence electrons. The van der Waals surface area contributed by atoms with E-state index in [0.717, 1.165) is 69.3 Å². The SMILES string of the molecule is O=C(N1CCC(COc2cc3c(nn2)CCC3)CC1)C1(c2ccccc2)CCOCC1. The summed E-state index contributed by atoms with van der Waals surface area (Å²) in [5, 5.41) is 8.54. The number of ether oxygens (including phenoxy) is 2. The van der Waals surface area contributed by atoms with Gasteiger partial charge in [0, 0.05) is 32.4 Å². The Morgan fingerprint density at radius 2 is 1.87 bits per heavy atom. The molecule has 3 heterocycles. The monoisotopic (exact) mass is 421 g/mol. The Morgan fingerprint density at radius 1 is 1.10 bits per heavy atom. The summed E-state index contributed by atoms with van der Waals surface area (Å²) in [7, 11) is 0. The summed E-state index contributed by atoms with van der Waals surface area (Å²) in [4.78, 5) is 15.8. The molecule has 5 rings (SSSR count). The lowest BCUT2D eigenvalue weighted by Crippen LogP contribution is -2.52. The molecule has 0 N–H and O–H groups in total. The largest absolute Gasteiger partial charge is 0.476 e. The fourth-order valence-corrected chi connectivity index (χ4v) is 5.29. The van der Waals surface area contributed by atoms with Crippen LogP contribution in [0.2, 0.25) is 0 Å². The maximum absolute atomic E-state index is 13.7. The summed E-state index contributed by atoms with van der Waals surface area (Å²) in [5.41, 5.74) is 3.10. The quantitative estimate of drug-likeness (QED) is 0.741. The van der Waals surface area contributed by atoms with Gasteiger partial charge in [-0.2, -0.15) is 5.10 Å². The number of likely N-dealkylation sites (tertiary alicyclic amines) is 1. The Labute approximate surface area is 184 Å². The van der Waals surface area contributed by atoms with Crippen LogP contribution in [0.25, 0.3) is 0 Å². The van der Waals surface area contributed by atoms with Crippen LogP contribution in [0.1, 0.15) is 48.9 Å². The number of rotatable bonds is 5. The molecule has 3 aliphatic rings. The van der Waals surface area contributed by atoms with Crippen LogP contribution in [0.5, 0.6) is 5.88 Å². The molecule has 0 unspecified atom stereocenters. The highest BCUT2D eigenvalue weighted by atomic mass is 16.5. The van der Waals surface area contributed by atoms with Gasteiger partial charge in [-0.1, -0.05) is 30.3 Å². The number of aryl methyl sites for hydroxylation is 2. The lowest BCUT2D eigenvalue weighted by atomic mass is 9.72. The van der Waals surface area contributed by atoms with Crippen molar-refractivity contribution < 1.29 is 14.3 Å². The van der Waals surface area contributed by atoms with Gasteiger partial charge in [0.15, 0.2) is 0 Å². The minimum atomic E-state index is -0.442. The van der Waals surface area contributed by atoms with Crippen LogP contribution in [0.3, 0.4) is 0 Å². The van der Waals surface area contributed by atoms with Gasteiger partial charge in [0.1, 0.15) is 0 Å². The van der Waals surface area contributed by atoms with E-state index in [0.29, 0.717) is 31.6 Å². The molecular formula is C25H31N3O3. The lowest BCUT2D eigenvalue weighted by molar-refractivity contribution is -0.143. The molecule has 1 aliphatic carbocycles. The van der Waals surface area contributed by atoms with Gasteiger partial charge in [-0.25, -0.2) is 0 Å². The molecule has 2 fully saturated rings. The number of aromatic nitrogens is 2. The zero-order valence-corrected chi connectivity index (χ0v) is 18.1. The molecule has 1 amide bonds. The van der Waals surface area contributed by atoms with Crippen LogP contribution in [0.15, 0.2) is 36.4 Å². The van der Waals surface area contributed by atoms with Crippen molar-refractivity contribution in [3.63, 3.8) is 0 Å². The topological polar surface area (TPSA) is 64.6 Å². The maximum atomic E-state index is 13.7. The van der Waals surface area contributed by atoms with Gasteiger partial charge in [0.05, 0.1) is 17.7 Å². The first-order valence-electron chi connectivity index (χ1n) is 11.7. The predicted molar refractivity (Wildman–Crippen MR) is 117 cm³/mol. The van der Waals surface area contributed by atoms with E-state index in [1.54, 1.807) is 0 Å². The first kappa shape index (κ1) is 20.4. The first-order chi connectivity index (χ1) is 15.2. The second-order valence-electron chi connectivity index (χ2n) is 9.12. The van der Waals surface area contributed by atoms with Crippen LogP contribution < -0.4 is 4.74 Å². The van der Waals surface area contributed by atoms with Crippen molar-refractivity contribution in [3.8, 4) is 5.88 Å². The van der Waals surface area contributed by atoms with E-state index in [1.807, 2.05) is 18.2 Å². The number of fused-ring (bicyclic) bond motifs is 1. The molecule has 2 aliphatic heterocycles. The van der Waals surface area contributed by atoms with Crippen molar-refractivity contribution in [1.82, 2.24) is 15.1 Å². The summed E-state index contributed by atoms with van der Waals surface area (Å²) in [6, 6.07) is 12.3. The summed E-state index contributed by atoms with van der Waals surface area (Å²) in [6.07, 6.45) is 6.72. The van der Waals surface area contributed by atoms with Crippen molar-refractivity contribution in [3.05, 3.63) is 53.2 Å². The Balaban J connectivity index is 1.19. The highest BCUT2D eigenvalue weighted by Crippen LogP contribution is 2.37. The molecule has 0 bridgehead atoms. The molecule has 0 saturated carbocycles. The third-order valence-corrected chi connectivity index (χ3v) is 7.25. The molecule has 1 aromatic carbocycles. The molecule has 0 atom stereocenters. The number of piperidine rings is 1. The van der Waals surface area contributed by atoms with Gasteiger partial charge in [0.2, 0.25) is 11.8 Å². The van der Waals surface area contributed by atoms with Gasteiger partial charge in [-0.05, 0) is 62.0 Å². The van der Waals surface area contributed by atoms with Crippen molar-refractivity contribution in [2.75, 3.05) is 32.9 Å². The van der Waals surface area contributed by atoms with Crippen LogP contribution in [-0.4, -0.2) is 53.9 Å². The van der Waals surface area contributed by atoms with Crippen molar-refractivity contribution in [1.29, 1.82) is 0 Å². The minimum Gasteiger partial charge on any atom is -0.476 e. The zero-order chi connectivity index (χ0) is 21.1. The van der Waals surface area contributed by atoms with E-state index in [4.69, 9.17) is 9.47 Å². The number of carbonyl (C=O) groups is 1. The molecule has 1 aromatic heterocycles. The minimum absolute atomic E-state index is 0.269. The Hall–Kier alpha value is -2.47. The van der Waals surface area contributed by atoms with E-state index >= 15 is 0 Å². The fraction of sp³-hybridized carbons (Fsp3) is 0.560. The first-order valence-corrected chi connectivity index (χ1v) is 11.7. The van der Waals surface area contributed by atoms with E-state index in [9.17, 15) is 4.79 Å². The van der Waals surface area contributed by atoms with E-state index in [2.05, 4.69) is 33.3 Å². The van der Waals surface area contributed by atoms with Crippen LogP contribution in [0.4, 0.5) is 0 Å². The maximum Gasteiger partial charge on any atom is 0.233 e. The summed E-state index contributed by atoms with van der Waals surface area (Å²) >= 11 is 0. The molecule has 0 radical (unpaired) electrons. The Bertz CT molecular complexity index is 903. The van der Waals surface area contributed by atoms with Crippen molar-refractivity contribution >= 4 is 5.91 Å². The Morgan fingerprint density at radius 3 is 2.65 bits per heavy atom.